The highest BCUT2D eigenvalue weighted by molar-refractivity contribution is 6.30. The van der Waals surface area contributed by atoms with Gasteiger partial charge in [-0.25, -0.2) is 0 Å². The number of rotatable bonds is 2. The second-order valence-corrected chi connectivity index (χ2v) is 7.38. The van der Waals surface area contributed by atoms with Crippen molar-refractivity contribution >= 4 is 11.6 Å². The monoisotopic (exact) mass is 327 g/mol. The summed E-state index contributed by atoms with van der Waals surface area (Å²) >= 11 is 6.06. The molecule has 2 aromatic carbocycles. The van der Waals surface area contributed by atoms with Crippen LogP contribution >= 0.6 is 11.6 Å². The molecule has 2 saturated heterocycles. The van der Waals surface area contributed by atoms with Crippen LogP contribution in [-0.2, 0) is 5.60 Å². The lowest BCUT2D eigenvalue weighted by atomic mass is 9.69. The molecule has 4 unspecified atom stereocenters. The molecule has 0 aliphatic carbocycles. The molecular formula is C20H22ClNO. The normalized spacial score (nSPS) is 33.8. The van der Waals surface area contributed by atoms with Gasteiger partial charge in [0.25, 0.3) is 0 Å². The van der Waals surface area contributed by atoms with Crippen LogP contribution in [0.15, 0.2) is 54.6 Å². The Balaban J connectivity index is 1.85. The van der Waals surface area contributed by atoms with E-state index in [1.807, 2.05) is 30.3 Å². The highest BCUT2D eigenvalue weighted by Crippen LogP contribution is 2.53. The second kappa shape index (κ2) is 5.62. The van der Waals surface area contributed by atoms with Crippen molar-refractivity contribution in [1.82, 2.24) is 4.90 Å². The average Bonchev–Trinajstić information content (AvgIpc) is 2.85. The number of likely N-dealkylation sites (N-methyl/N-ethyl adjacent to an activating group) is 1. The van der Waals surface area contributed by atoms with Crippen LogP contribution < -0.4 is 0 Å². The third-order valence-electron chi connectivity index (χ3n) is 5.90. The molecule has 4 atom stereocenters. The summed E-state index contributed by atoms with van der Waals surface area (Å²) in [5.41, 5.74) is 1.34. The maximum Gasteiger partial charge on any atom is 0.112 e. The fraction of sp³-hybridized carbons (Fsp3) is 0.400. The van der Waals surface area contributed by atoms with Gasteiger partial charge in [-0.05, 0) is 49.6 Å². The highest BCUT2D eigenvalue weighted by atomic mass is 35.5. The van der Waals surface area contributed by atoms with Gasteiger partial charge in [0.05, 0.1) is 0 Å². The summed E-state index contributed by atoms with van der Waals surface area (Å²) in [5, 5.41) is 12.6. The molecule has 2 heterocycles. The van der Waals surface area contributed by atoms with E-state index in [9.17, 15) is 5.11 Å². The van der Waals surface area contributed by atoms with E-state index in [2.05, 4.69) is 36.2 Å². The first-order chi connectivity index (χ1) is 11.1. The van der Waals surface area contributed by atoms with Crippen LogP contribution in [0.2, 0.25) is 5.02 Å². The number of piperidine rings is 1. The van der Waals surface area contributed by atoms with E-state index in [4.69, 9.17) is 11.6 Å². The topological polar surface area (TPSA) is 23.5 Å². The van der Waals surface area contributed by atoms with Crippen LogP contribution in [0.25, 0.3) is 0 Å². The van der Waals surface area contributed by atoms with Crippen molar-refractivity contribution in [1.29, 1.82) is 0 Å². The van der Waals surface area contributed by atoms with Crippen LogP contribution in [0.1, 0.15) is 36.3 Å². The number of hydrogen-bond donors (Lipinski definition) is 1. The summed E-state index contributed by atoms with van der Waals surface area (Å²) in [5.74, 6) is 0.124. The average molecular weight is 328 g/mol. The molecule has 4 rings (SSSR count). The molecule has 1 N–H and O–H groups in total. The van der Waals surface area contributed by atoms with Crippen LogP contribution in [-0.4, -0.2) is 29.1 Å². The Morgan fingerprint density at radius 1 is 1.04 bits per heavy atom. The molecule has 2 fully saturated rings. The summed E-state index contributed by atoms with van der Waals surface area (Å²) in [7, 11) is 2.16. The first kappa shape index (κ1) is 15.2. The van der Waals surface area contributed by atoms with E-state index in [-0.39, 0.29) is 12.0 Å². The minimum Gasteiger partial charge on any atom is -0.383 e. The van der Waals surface area contributed by atoms with Gasteiger partial charge in [0.2, 0.25) is 0 Å². The molecule has 0 aromatic heterocycles. The molecule has 120 valence electrons. The Bertz CT molecular complexity index is 687. The van der Waals surface area contributed by atoms with Gasteiger partial charge >= 0.3 is 0 Å². The molecule has 2 aliphatic rings. The maximum atomic E-state index is 11.9. The van der Waals surface area contributed by atoms with Crippen molar-refractivity contribution in [2.45, 2.75) is 42.9 Å². The molecule has 2 nitrogen and oxygen atoms in total. The first-order valence-corrected chi connectivity index (χ1v) is 8.74. The Kier molecular flexibility index (Phi) is 3.72. The quantitative estimate of drug-likeness (QED) is 0.894. The highest BCUT2D eigenvalue weighted by Gasteiger charge is 2.55. The van der Waals surface area contributed by atoms with Crippen LogP contribution in [0.5, 0.6) is 0 Å². The van der Waals surface area contributed by atoms with Crippen molar-refractivity contribution in [3.05, 3.63) is 70.7 Å². The molecule has 3 heteroatoms. The maximum absolute atomic E-state index is 11.9. The molecule has 2 aliphatic heterocycles. The Morgan fingerprint density at radius 3 is 2.43 bits per heavy atom. The van der Waals surface area contributed by atoms with Gasteiger partial charge in [0.15, 0.2) is 0 Å². The van der Waals surface area contributed by atoms with Crippen LogP contribution in [0, 0.1) is 0 Å². The molecule has 2 bridgehead atoms. The fourth-order valence-corrected chi connectivity index (χ4v) is 4.82. The van der Waals surface area contributed by atoms with Gasteiger partial charge in [0.1, 0.15) is 5.60 Å². The standard InChI is InChI=1S/C20H22ClNO/c1-22-17-11-12-19(22)20(23,15-7-9-16(21)10-8-15)18(13-17)14-5-3-2-4-6-14/h2-10,17-19,23H,11-13H2,1H3. The number of aliphatic hydroxyl groups is 1. The Morgan fingerprint density at radius 2 is 1.74 bits per heavy atom. The second-order valence-electron chi connectivity index (χ2n) is 6.94. The van der Waals surface area contributed by atoms with Gasteiger partial charge < -0.3 is 5.11 Å². The SMILES string of the molecule is CN1C2CCC1C(O)(c1ccc(Cl)cc1)C(c1ccccc1)C2. The first-order valence-electron chi connectivity index (χ1n) is 8.36. The van der Waals surface area contributed by atoms with E-state index in [0.717, 1.165) is 18.4 Å². The summed E-state index contributed by atoms with van der Waals surface area (Å²) in [6.07, 6.45) is 3.21. The third kappa shape index (κ3) is 2.32. The van der Waals surface area contributed by atoms with Gasteiger partial charge in [-0.1, -0.05) is 54.1 Å². The van der Waals surface area contributed by atoms with Crippen molar-refractivity contribution < 1.29 is 5.11 Å². The molecule has 0 amide bonds. The molecule has 2 aromatic rings. The summed E-state index contributed by atoms with van der Waals surface area (Å²) in [6, 6.07) is 19.0. The van der Waals surface area contributed by atoms with Gasteiger partial charge in [0, 0.05) is 23.0 Å². The van der Waals surface area contributed by atoms with Crippen LogP contribution in [0.4, 0.5) is 0 Å². The lowest BCUT2D eigenvalue weighted by molar-refractivity contribution is -0.0913. The van der Waals surface area contributed by atoms with E-state index in [1.165, 1.54) is 12.0 Å². The summed E-state index contributed by atoms with van der Waals surface area (Å²) < 4.78 is 0. The molecule has 0 spiro atoms. The van der Waals surface area contributed by atoms with Gasteiger partial charge in [-0.15, -0.1) is 0 Å². The number of halogens is 1. The molecular weight excluding hydrogens is 306 g/mol. The Labute approximate surface area is 142 Å². The van der Waals surface area contributed by atoms with Crippen molar-refractivity contribution in [2.75, 3.05) is 7.05 Å². The third-order valence-corrected chi connectivity index (χ3v) is 6.15. The van der Waals surface area contributed by atoms with Crippen LogP contribution in [0.3, 0.4) is 0 Å². The largest absolute Gasteiger partial charge is 0.383 e. The molecule has 0 saturated carbocycles. The predicted octanol–water partition coefficient (Wildman–Crippen LogP) is 4.18. The van der Waals surface area contributed by atoms with Gasteiger partial charge in [-0.3, -0.25) is 4.90 Å². The number of benzene rings is 2. The number of nitrogens with zero attached hydrogens (tertiary/aromatic N) is 1. The van der Waals surface area contributed by atoms with E-state index in [0.29, 0.717) is 11.1 Å². The zero-order valence-electron chi connectivity index (χ0n) is 13.3. The summed E-state index contributed by atoms with van der Waals surface area (Å²) in [6.45, 7) is 0. The Hall–Kier alpha value is -1.35. The minimum atomic E-state index is -0.867. The van der Waals surface area contributed by atoms with Crippen molar-refractivity contribution in [3.8, 4) is 0 Å². The van der Waals surface area contributed by atoms with E-state index in [1.54, 1.807) is 0 Å². The lowest BCUT2D eigenvalue weighted by Crippen LogP contribution is -2.56. The smallest absolute Gasteiger partial charge is 0.112 e. The zero-order valence-corrected chi connectivity index (χ0v) is 14.1. The predicted molar refractivity (Wildman–Crippen MR) is 93.7 cm³/mol. The fourth-order valence-electron chi connectivity index (χ4n) is 4.70. The number of hydrogen-bond acceptors (Lipinski definition) is 2. The van der Waals surface area contributed by atoms with E-state index < -0.39 is 5.60 Å². The van der Waals surface area contributed by atoms with Crippen molar-refractivity contribution in [2.24, 2.45) is 0 Å². The summed E-state index contributed by atoms with van der Waals surface area (Å²) in [4.78, 5) is 2.38. The van der Waals surface area contributed by atoms with Gasteiger partial charge in [-0.2, -0.15) is 0 Å². The molecule has 23 heavy (non-hydrogen) atoms. The lowest BCUT2D eigenvalue weighted by Gasteiger charge is -2.50. The minimum absolute atomic E-state index is 0.124. The number of fused-ring (bicyclic) bond motifs is 2. The molecule has 0 radical (unpaired) electrons. The van der Waals surface area contributed by atoms with E-state index >= 15 is 0 Å². The van der Waals surface area contributed by atoms with Crippen molar-refractivity contribution in [3.63, 3.8) is 0 Å². The zero-order chi connectivity index (χ0) is 16.0.